The molecular formula is C27H28N4O2. The average Bonchev–Trinajstić information content (AvgIpc) is 3.41. The maximum absolute atomic E-state index is 13.0. The monoisotopic (exact) mass is 440 g/mol. The molecule has 2 aliphatic rings. The molecule has 2 amide bonds. The molecule has 3 heterocycles. The predicted molar refractivity (Wildman–Crippen MR) is 129 cm³/mol. The minimum Gasteiger partial charge on any atom is -0.355 e. The van der Waals surface area contributed by atoms with E-state index in [0.29, 0.717) is 25.2 Å². The molecule has 6 heteroatoms. The number of benzene rings is 2. The van der Waals surface area contributed by atoms with Gasteiger partial charge in [0.1, 0.15) is 6.54 Å². The van der Waals surface area contributed by atoms with Crippen LogP contribution >= 0.6 is 0 Å². The maximum Gasteiger partial charge on any atom is 0.254 e. The smallest absolute Gasteiger partial charge is 0.254 e. The second-order valence-corrected chi connectivity index (χ2v) is 9.06. The molecule has 33 heavy (non-hydrogen) atoms. The van der Waals surface area contributed by atoms with Gasteiger partial charge in [-0.05, 0) is 56.2 Å². The van der Waals surface area contributed by atoms with Gasteiger partial charge in [-0.3, -0.25) is 14.6 Å². The van der Waals surface area contributed by atoms with Gasteiger partial charge in [0, 0.05) is 53.9 Å². The predicted octanol–water partition coefficient (Wildman–Crippen LogP) is 4.41. The summed E-state index contributed by atoms with van der Waals surface area (Å²) >= 11 is 0. The number of hydrogen-bond donors (Lipinski definition) is 1. The largest absolute Gasteiger partial charge is 0.355 e. The quantitative estimate of drug-likeness (QED) is 0.638. The Hall–Kier alpha value is -3.67. The molecule has 6 nitrogen and oxygen atoms in total. The Morgan fingerprint density at radius 2 is 1.85 bits per heavy atom. The normalized spacial score (nSPS) is 17.4. The van der Waals surface area contributed by atoms with Crippen molar-refractivity contribution in [2.24, 2.45) is 0 Å². The summed E-state index contributed by atoms with van der Waals surface area (Å²) in [6.07, 6.45) is 0.875. The van der Waals surface area contributed by atoms with Gasteiger partial charge in [-0.25, -0.2) is 0 Å². The zero-order chi connectivity index (χ0) is 22.9. The number of nitrogens with zero attached hydrogens (tertiary/aromatic N) is 3. The van der Waals surface area contributed by atoms with Gasteiger partial charge in [-0.2, -0.15) is 0 Å². The van der Waals surface area contributed by atoms with Crippen LogP contribution in [0, 0.1) is 13.8 Å². The number of aryl methyl sites for hydroxylation is 2. The fourth-order valence-corrected chi connectivity index (χ4v) is 4.71. The molecule has 168 valence electrons. The molecule has 2 aromatic carbocycles. The fraction of sp³-hybridized carbons (Fsp3) is 0.296. The number of fused-ring (bicyclic) bond motifs is 1. The first-order chi connectivity index (χ1) is 16.0. The van der Waals surface area contributed by atoms with Crippen LogP contribution in [0.3, 0.4) is 0 Å². The van der Waals surface area contributed by atoms with Crippen molar-refractivity contribution >= 4 is 23.2 Å². The number of carbonyl (C=O) groups excluding carboxylic acids is 2. The molecule has 0 aliphatic carbocycles. The van der Waals surface area contributed by atoms with Gasteiger partial charge >= 0.3 is 0 Å². The first kappa shape index (κ1) is 21.2. The van der Waals surface area contributed by atoms with E-state index in [4.69, 9.17) is 4.98 Å². The molecule has 1 saturated heterocycles. The minimum absolute atomic E-state index is 0.00399. The van der Waals surface area contributed by atoms with E-state index >= 15 is 0 Å². The second kappa shape index (κ2) is 8.70. The molecule has 0 saturated carbocycles. The van der Waals surface area contributed by atoms with Crippen LogP contribution in [0.2, 0.25) is 0 Å². The zero-order valence-electron chi connectivity index (χ0n) is 19.0. The lowest BCUT2D eigenvalue weighted by atomic mass is 10.0. The van der Waals surface area contributed by atoms with Gasteiger partial charge in [-0.1, -0.05) is 35.9 Å². The molecule has 1 unspecified atom stereocenters. The fourth-order valence-electron chi connectivity index (χ4n) is 4.71. The van der Waals surface area contributed by atoms with E-state index in [1.54, 1.807) is 4.90 Å². The zero-order valence-corrected chi connectivity index (χ0v) is 19.0. The summed E-state index contributed by atoms with van der Waals surface area (Å²) in [4.78, 5) is 33.9. The number of aromatic nitrogens is 1. The van der Waals surface area contributed by atoms with Crippen LogP contribution in [0.15, 0.2) is 60.7 Å². The molecule has 1 atom stereocenters. The lowest BCUT2D eigenvalue weighted by Gasteiger charge is -2.21. The van der Waals surface area contributed by atoms with Crippen molar-refractivity contribution in [1.29, 1.82) is 0 Å². The molecule has 1 aromatic heterocycles. The Kier molecular flexibility index (Phi) is 5.58. The van der Waals surface area contributed by atoms with Gasteiger partial charge in [0.25, 0.3) is 5.91 Å². The van der Waals surface area contributed by atoms with Crippen molar-refractivity contribution in [1.82, 2.24) is 14.8 Å². The summed E-state index contributed by atoms with van der Waals surface area (Å²) in [5.74, 6) is 0.144. The second-order valence-electron chi connectivity index (χ2n) is 9.06. The summed E-state index contributed by atoms with van der Waals surface area (Å²) in [6.45, 7) is 6.03. The van der Waals surface area contributed by atoms with Crippen LogP contribution in [-0.4, -0.2) is 46.2 Å². The molecule has 5 rings (SSSR count). The first-order valence-corrected chi connectivity index (χ1v) is 11.4. The lowest BCUT2D eigenvalue weighted by molar-refractivity contribution is -0.130. The summed E-state index contributed by atoms with van der Waals surface area (Å²) < 4.78 is 0. The highest BCUT2D eigenvalue weighted by Crippen LogP contribution is 2.30. The minimum atomic E-state index is -0.0538. The molecule has 0 spiro atoms. The van der Waals surface area contributed by atoms with Crippen LogP contribution < -0.4 is 5.32 Å². The van der Waals surface area contributed by atoms with E-state index in [9.17, 15) is 9.59 Å². The number of hydrogen-bond acceptors (Lipinski definition) is 4. The van der Waals surface area contributed by atoms with Crippen molar-refractivity contribution in [3.05, 3.63) is 88.7 Å². The van der Waals surface area contributed by atoms with Crippen molar-refractivity contribution in [2.75, 3.05) is 25.0 Å². The highest BCUT2D eigenvalue weighted by atomic mass is 16.2. The highest BCUT2D eigenvalue weighted by Gasteiger charge is 2.33. The van der Waals surface area contributed by atoms with Crippen LogP contribution in [0.1, 0.15) is 45.2 Å². The molecule has 1 N–H and O–H groups in total. The molecule has 0 bridgehead atoms. The number of rotatable bonds is 5. The highest BCUT2D eigenvalue weighted by molar-refractivity contribution is 6.00. The number of nitrogens with one attached hydrogen (secondary N) is 1. The number of carbonyl (C=O) groups is 2. The number of amides is 2. The Labute approximate surface area is 194 Å². The topological polar surface area (TPSA) is 65.5 Å². The van der Waals surface area contributed by atoms with Crippen molar-refractivity contribution in [3.8, 4) is 0 Å². The number of pyridine rings is 1. The molecule has 3 aromatic rings. The van der Waals surface area contributed by atoms with Gasteiger partial charge in [0.05, 0.1) is 0 Å². The Morgan fingerprint density at radius 3 is 2.64 bits per heavy atom. The van der Waals surface area contributed by atoms with E-state index < -0.39 is 0 Å². The standard InChI is InChI=1S/C27H28N4O2/c1-18-7-9-22(10-8-18)29-23-13-19(2)28-25(14-23)21-11-12-30(16-21)26(32)17-31-15-20-5-3-4-6-24(20)27(31)33/h3-10,13-14,21H,11-12,15-17H2,1-2H3,(H,28,29). The third-order valence-electron chi connectivity index (χ3n) is 6.50. The Morgan fingerprint density at radius 1 is 1.06 bits per heavy atom. The van der Waals surface area contributed by atoms with Crippen LogP contribution in [-0.2, 0) is 11.3 Å². The lowest BCUT2D eigenvalue weighted by Crippen LogP contribution is -2.39. The van der Waals surface area contributed by atoms with Crippen LogP contribution in [0.5, 0.6) is 0 Å². The van der Waals surface area contributed by atoms with E-state index in [0.717, 1.165) is 34.7 Å². The summed E-state index contributed by atoms with van der Waals surface area (Å²) in [5.41, 5.74) is 6.93. The first-order valence-electron chi connectivity index (χ1n) is 11.4. The van der Waals surface area contributed by atoms with E-state index in [2.05, 4.69) is 42.6 Å². The average molecular weight is 441 g/mol. The maximum atomic E-state index is 13.0. The molecule has 0 radical (unpaired) electrons. The van der Waals surface area contributed by atoms with Crippen LogP contribution in [0.4, 0.5) is 11.4 Å². The third kappa shape index (κ3) is 4.46. The number of likely N-dealkylation sites (tertiary alicyclic amines) is 1. The number of anilines is 2. The van der Waals surface area contributed by atoms with Crippen molar-refractivity contribution < 1.29 is 9.59 Å². The summed E-state index contributed by atoms with van der Waals surface area (Å²) in [7, 11) is 0. The van der Waals surface area contributed by atoms with Gasteiger partial charge in [0.15, 0.2) is 0 Å². The molecule has 2 aliphatic heterocycles. The Bertz CT molecular complexity index is 1200. The van der Waals surface area contributed by atoms with Gasteiger partial charge in [0.2, 0.25) is 5.91 Å². The SMILES string of the molecule is Cc1ccc(Nc2cc(C)nc(C3CCN(C(=O)CN4Cc5ccccc5C4=O)C3)c2)cc1. The third-order valence-corrected chi connectivity index (χ3v) is 6.50. The Balaban J connectivity index is 1.23. The molecule has 1 fully saturated rings. The molecular weight excluding hydrogens is 412 g/mol. The van der Waals surface area contributed by atoms with Gasteiger partial charge in [-0.15, -0.1) is 0 Å². The van der Waals surface area contributed by atoms with E-state index in [1.807, 2.05) is 42.2 Å². The van der Waals surface area contributed by atoms with E-state index in [1.165, 1.54) is 5.56 Å². The van der Waals surface area contributed by atoms with E-state index in [-0.39, 0.29) is 24.3 Å². The summed E-state index contributed by atoms with van der Waals surface area (Å²) in [5, 5.41) is 3.47. The van der Waals surface area contributed by atoms with Gasteiger partial charge < -0.3 is 15.1 Å². The van der Waals surface area contributed by atoms with Crippen molar-refractivity contribution in [2.45, 2.75) is 32.7 Å². The van der Waals surface area contributed by atoms with Crippen LogP contribution in [0.25, 0.3) is 0 Å². The van der Waals surface area contributed by atoms with Crippen molar-refractivity contribution in [3.63, 3.8) is 0 Å². The summed E-state index contributed by atoms with van der Waals surface area (Å²) in [6, 6.07) is 20.0.